The number of methoxy groups -OCH3 is 1. The monoisotopic (exact) mass is 262 g/mol. The summed E-state index contributed by atoms with van der Waals surface area (Å²) in [6.07, 6.45) is 3.90. The molecular weight excluding hydrogens is 236 g/mol. The van der Waals surface area contributed by atoms with Gasteiger partial charge in [0.25, 0.3) is 0 Å². The normalized spacial score (nSPS) is 19.2. The maximum absolute atomic E-state index is 6.56. The Hall–Kier alpha value is -1.06. The number of piperidine rings is 1. The van der Waals surface area contributed by atoms with E-state index in [2.05, 4.69) is 24.8 Å². The molecule has 1 saturated heterocycles. The molecule has 1 atom stereocenters. The number of likely N-dealkylation sites (tertiary alicyclic amines) is 1. The minimum atomic E-state index is -0.0466. The summed E-state index contributed by atoms with van der Waals surface area (Å²) in [4.78, 5) is 2.52. The van der Waals surface area contributed by atoms with Crippen LogP contribution in [0.25, 0.3) is 0 Å². The molecule has 0 radical (unpaired) electrons. The van der Waals surface area contributed by atoms with Crippen LogP contribution in [0.1, 0.15) is 44.7 Å². The molecule has 1 aliphatic rings. The summed E-state index contributed by atoms with van der Waals surface area (Å²) < 4.78 is 5.45. The molecule has 1 aromatic carbocycles. The van der Waals surface area contributed by atoms with E-state index in [1.807, 2.05) is 18.2 Å². The van der Waals surface area contributed by atoms with Gasteiger partial charge in [0.2, 0.25) is 0 Å². The molecule has 3 heteroatoms. The van der Waals surface area contributed by atoms with E-state index in [-0.39, 0.29) is 11.6 Å². The van der Waals surface area contributed by atoms with Crippen LogP contribution in [-0.4, -0.2) is 30.6 Å². The Labute approximate surface area is 116 Å². The van der Waals surface area contributed by atoms with Crippen molar-refractivity contribution in [2.45, 2.75) is 44.7 Å². The van der Waals surface area contributed by atoms with Crippen LogP contribution < -0.4 is 10.5 Å². The lowest BCUT2D eigenvalue weighted by molar-refractivity contribution is 0.0722. The second kappa shape index (κ2) is 5.93. The highest BCUT2D eigenvalue weighted by Crippen LogP contribution is 2.35. The second-order valence-corrected chi connectivity index (χ2v) is 5.92. The van der Waals surface area contributed by atoms with Gasteiger partial charge in [0, 0.05) is 11.1 Å². The maximum Gasteiger partial charge on any atom is 0.123 e. The number of ether oxygens (including phenoxy) is 1. The molecule has 1 aliphatic heterocycles. The van der Waals surface area contributed by atoms with Gasteiger partial charge in [0.1, 0.15) is 5.75 Å². The molecule has 19 heavy (non-hydrogen) atoms. The summed E-state index contributed by atoms with van der Waals surface area (Å²) in [5, 5.41) is 0. The lowest BCUT2D eigenvalue weighted by Gasteiger charge is -2.45. The van der Waals surface area contributed by atoms with Crippen LogP contribution in [-0.2, 0) is 0 Å². The van der Waals surface area contributed by atoms with E-state index >= 15 is 0 Å². The molecule has 0 aromatic heterocycles. The van der Waals surface area contributed by atoms with E-state index < -0.39 is 0 Å². The number of benzene rings is 1. The number of hydrogen-bond acceptors (Lipinski definition) is 3. The van der Waals surface area contributed by atoms with E-state index in [1.54, 1.807) is 7.11 Å². The Morgan fingerprint density at radius 2 is 1.79 bits per heavy atom. The van der Waals surface area contributed by atoms with E-state index in [0.29, 0.717) is 0 Å². The predicted molar refractivity (Wildman–Crippen MR) is 79.4 cm³/mol. The summed E-state index contributed by atoms with van der Waals surface area (Å²) in [7, 11) is 1.71. The summed E-state index contributed by atoms with van der Waals surface area (Å²) in [5.41, 5.74) is 7.61. The zero-order valence-corrected chi connectivity index (χ0v) is 12.4. The van der Waals surface area contributed by atoms with Crippen molar-refractivity contribution in [1.29, 1.82) is 0 Å². The Morgan fingerprint density at radius 3 is 2.42 bits per heavy atom. The SMILES string of the molecule is COc1ccccc1C(N)C(C)(C)N1CCCCC1. The van der Waals surface area contributed by atoms with Gasteiger partial charge in [0.15, 0.2) is 0 Å². The number of para-hydroxylation sites is 1. The van der Waals surface area contributed by atoms with Crippen molar-refractivity contribution in [1.82, 2.24) is 4.90 Å². The van der Waals surface area contributed by atoms with Gasteiger partial charge in [-0.3, -0.25) is 4.90 Å². The Balaban J connectivity index is 2.23. The van der Waals surface area contributed by atoms with E-state index in [1.165, 1.54) is 19.3 Å². The van der Waals surface area contributed by atoms with Crippen LogP contribution in [0.2, 0.25) is 0 Å². The second-order valence-electron chi connectivity index (χ2n) is 5.92. The Kier molecular flexibility index (Phi) is 4.48. The van der Waals surface area contributed by atoms with Crippen molar-refractivity contribution in [2.75, 3.05) is 20.2 Å². The zero-order chi connectivity index (χ0) is 13.9. The van der Waals surface area contributed by atoms with Crippen molar-refractivity contribution < 1.29 is 4.74 Å². The summed E-state index contributed by atoms with van der Waals surface area (Å²) >= 11 is 0. The highest BCUT2D eigenvalue weighted by molar-refractivity contribution is 5.37. The average molecular weight is 262 g/mol. The first kappa shape index (κ1) is 14.4. The third-order valence-corrected chi connectivity index (χ3v) is 4.41. The van der Waals surface area contributed by atoms with Gasteiger partial charge in [-0.05, 0) is 45.8 Å². The van der Waals surface area contributed by atoms with Crippen LogP contribution >= 0.6 is 0 Å². The van der Waals surface area contributed by atoms with Gasteiger partial charge >= 0.3 is 0 Å². The average Bonchev–Trinajstić information content (AvgIpc) is 2.47. The first-order valence-corrected chi connectivity index (χ1v) is 7.21. The van der Waals surface area contributed by atoms with Gasteiger partial charge in [0.05, 0.1) is 13.2 Å². The summed E-state index contributed by atoms with van der Waals surface area (Å²) in [5.74, 6) is 0.889. The quantitative estimate of drug-likeness (QED) is 0.906. The molecule has 3 nitrogen and oxygen atoms in total. The third-order valence-electron chi connectivity index (χ3n) is 4.41. The molecule has 1 aromatic rings. The molecule has 2 rings (SSSR count). The Bertz CT molecular complexity index is 411. The van der Waals surface area contributed by atoms with Gasteiger partial charge in [-0.15, -0.1) is 0 Å². The minimum absolute atomic E-state index is 0.0400. The first-order valence-electron chi connectivity index (χ1n) is 7.21. The van der Waals surface area contributed by atoms with Crippen LogP contribution in [0.5, 0.6) is 5.75 Å². The minimum Gasteiger partial charge on any atom is -0.496 e. The summed E-state index contributed by atoms with van der Waals surface area (Å²) in [6.45, 7) is 6.79. The molecule has 106 valence electrons. The molecule has 1 unspecified atom stereocenters. The lowest BCUT2D eigenvalue weighted by Crippen LogP contribution is -2.53. The third kappa shape index (κ3) is 2.93. The van der Waals surface area contributed by atoms with Crippen LogP contribution in [0, 0.1) is 0 Å². The largest absolute Gasteiger partial charge is 0.496 e. The molecule has 0 aliphatic carbocycles. The molecule has 0 amide bonds. The van der Waals surface area contributed by atoms with E-state index in [0.717, 1.165) is 24.4 Å². The number of nitrogens with two attached hydrogens (primary N) is 1. The van der Waals surface area contributed by atoms with Gasteiger partial charge in [-0.2, -0.15) is 0 Å². The topological polar surface area (TPSA) is 38.5 Å². The zero-order valence-electron chi connectivity index (χ0n) is 12.4. The number of nitrogens with zero attached hydrogens (tertiary/aromatic N) is 1. The van der Waals surface area contributed by atoms with E-state index in [4.69, 9.17) is 10.5 Å². The smallest absolute Gasteiger partial charge is 0.123 e. The fraction of sp³-hybridized carbons (Fsp3) is 0.625. The Morgan fingerprint density at radius 1 is 1.16 bits per heavy atom. The van der Waals surface area contributed by atoms with Gasteiger partial charge < -0.3 is 10.5 Å². The van der Waals surface area contributed by atoms with Crippen LogP contribution in [0.4, 0.5) is 0 Å². The first-order chi connectivity index (χ1) is 9.07. The fourth-order valence-electron chi connectivity index (χ4n) is 2.97. The molecular formula is C16H26N2O. The number of hydrogen-bond donors (Lipinski definition) is 1. The maximum atomic E-state index is 6.56. The molecule has 0 bridgehead atoms. The molecule has 2 N–H and O–H groups in total. The predicted octanol–water partition coefficient (Wildman–Crippen LogP) is 2.96. The molecule has 0 spiro atoms. The molecule has 1 heterocycles. The van der Waals surface area contributed by atoms with Gasteiger partial charge in [-0.25, -0.2) is 0 Å². The number of rotatable bonds is 4. The van der Waals surface area contributed by atoms with Crippen molar-refractivity contribution in [3.63, 3.8) is 0 Å². The van der Waals surface area contributed by atoms with Crippen molar-refractivity contribution in [3.05, 3.63) is 29.8 Å². The van der Waals surface area contributed by atoms with Crippen LogP contribution in [0.3, 0.4) is 0 Å². The highest BCUT2D eigenvalue weighted by Gasteiger charge is 2.35. The van der Waals surface area contributed by atoms with Gasteiger partial charge in [-0.1, -0.05) is 24.6 Å². The molecule has 0 saturated carbocycles. The standard InChI is InChI=1S/C16H26N2O/c1-16(2,18-11-7-4-8-12-18)15(17)13-9-5-6-10-14(13)19-3/h5-6,9-10,15H,4,7-8,11-12,17H2,1-3H3. The van der Waals surface area contributed by atoms with Crippen molar-refractivity contribution in [3.8, 4) is 5.75 Å². The van der Waals surface area contributed by atoms with Crippen molar-refractivity contribution >= 4 is 0 Å². The fourth-order valence-corrected chi connectivity index (χ4v) is 2.97. The highest BCUT2D eigenvalue weighted by atomic mass is 16.5. The van der Waals surface area contributed by atoms with E-state index in [9.17, 15) is 0 Å². The molecule has 1 fully saturated rings. The lowest BCUT2D eigenvalue weighted by atomic mass is 9.86. The van der Waals surface area contributed by atoms with Crippen molar-refractivity contribution in [2.24, 2.45) is 5.73 Å². The summed E-state index contributed by atoms with van der Waals surface area (Å²) in [6, 6.07) is 8.05. The van der Waals surface area contributed by atoms with Crippen LogP contribution in [0.15, 0.2) is 24.3 Å².